The molecule has 0 bridgehead atoms. The van der Waals surface area contributed by atoms with Crippen LogP contribution in [-0.2, 0) is 0 Å². The van der Waals surface area contributed by atoms with Gasteiger partial charge in [-0.05, 0) is 0 Å². The quantitative estimate of drug-likeness (QED) is 0.333. The summed E-state index contributed by atoms with van der Waals surface area (Å²) in [7, 11) is 1.77. The van der Waals surface area contributed by atoms with E-state index < -0.39 is 0 Å². The van der Waals surface area contributed by atoms with E-state index in [0.717, 1.165) is 5.75 Å². The first-order valence-corrected chi connectivity index (χ1v) is 12.9. The molecule has 1 nitrogen and oxygen atoms in total. The van der Waals surface area contributed by atoms with E-state index in [2.05, 4.69) is 78.9 Å². The zero-order valence-electron chi connectivity index (χ0n) is 14.6. The van der Waals surface area contributed by atoms with Gasteiger partial charge in [-0.3, -0.25) is 0 Å². The molecule has 3 aromatic carbocycles. The van der Waals surface area contributed by atoms with Crippen LogP contribution < -0.4 is 13.7 Å². The third kappa shape index (κ3) is 3.08. The summed E-state index contributed by atoms with van der Waals surface area (Å²) in [6, 6.07) is 28.2. The van der Waals surface area contributed by atoms with Gasteiger partial charge in [-0.2, -0.15) is 0 Å². The van der Waals surface area contributed by atoms with Gasteiger partial charge in [0.15, 0.2) is 0 Å². The van der Waals surface area contributed by atoms with Crippen molar-refractivity contribution in [1.82, 2.24) is 0 Å². The minimum atomic E-state index is 0.272. The van der Waals surface area contributed by atoms with Crippen molar-refractivity contribution in [2.45, 2.75) is 0 Å². The maximum atomic E-state index is 5.71. The predicted octanol–water partition coefficient (Wildman–Crippen LogP) is 4.44. The van der Waals surface area contributed by atoms with Crippen LogP contribution in [0.2, 0.25) is 0 Å². The van der Waals surface area contributed by atoms with Gasteiger partial charge in [-0.25, -0.2) is 0 Å². The first-order chi connectivity index (χ1) is 13.3. The molecule has 0 atom stereocenters. The molecule has 0 N–H and O–H groups in total. The van der Waals surface area contributed by atoms with Crippen molar-refractivity contribution in [3.05, 3.63) is 78.9 Å². The van der Waals surface area contributed by atoms with Crippen LogP contribution >= 0.6 is 11.3 Å². The molecule has 0 saturated heterocycles. The average molecular weight is 498 g/mol. The van der Waals surface area contributed by atoms with Crippen molar-refractivity contribution < 1.29 is 4.74 Å². The first-order valence-electron chi connectivity index (χ1n) is 8.65. The van der Waals surface area contributed by atoms with E-state index in [4.69, 9.17) is 4.74 Å². The Morgan fingerprint density at radius 3 is 2.44 bits per heavy atom. The number of para-hydroxylation sites is 1. The molecule has 5 aromatic rings. The molecule has 4 heteroatoms. The molecule has 0 aliphatic heterocycles. The summed E-state index contributed by atoms with van der Waals surface area (Å²) in [6.07, 6.45) is 0. The van der Waals surface area contributed by atoms with Gasteiger partial charge in [0.1, 0.15) is 0 Å². The van der Waals surface area contributed by atoms with Crippen molar-refractivity contribution in [1.29, 1.82) is 0 Å². The van der Waals surface area contributed by atoms with Crippen molar-refractivity contribution in [3.63, 3.8) is 0 Å². The third-order valence-electron chi connectivity index (χ3n) is 4.51. The Bertz CT molecular complexity index is 1240. The second-order valence-corrected chi connectivity index (χ2v) is 12.2. The van der Waals surface area contributed by atoms with Gasteiger partial charge in [0.2, 0.25) is 0 Å². The standard InChI is InChI=1S/C23H16OSSe2/c1-24-18-13-7-5-11-16(18)21-22(26-15-9-3-2-4-10-15)20-17-12-6-8-14-19(17)25-23(20)27-21/h2-14H,1H3. The number of hydrogen-bond donors (Lipinski definition) is 0. The predicted molar refractivity (Wildman–Crippen MR) is 120 cm³/mol. The van der Waals surface area contributed by atoms with Crippen molar-refractivity contribution in [2.75, 3.05) is 7.11 Å². The van der Waals surface area contributed by atoms with E-state index in [1.165, 1.54) is 34.4 Å². The zero-order valence-corrected chi connectivity index (χ0v) is 18.9. The SMILES string of the molecule is COc1ccccc1-c1[se]c2sc3ccccc3c2c1[Se]c1ccccc1. The molecule has 2 aromatic heterocycles. The molecular weight excluding hydrogens is 482 g/mol. The van der Waals surface area contributed by atoms with Crippen LogP contribution in [0.1, 0.15) is 0 Å². The van der Waals surface area contributed by atoms with Gasteiger partial charge < -0.3 is 0 Å². The van der Waals surface area contributed by atoms with Crippen molar-refractivity contribution >= 4 is 68.8 Å². The molecule has 0 spiro atoms. The van der Waals surface area contributed by atoms with Gasteiger partial charge in [-0.1, -0.05) is 0 Å². The van der Waals surface area contributed by atoms with E-state index in [1.54, 1.807) is 10.7 Å². The van der Waals surface area contributed by atoms with Crippen molar-refractivity contribution in [2.24, 2.45) is 0 Å². The summed E-state index contributed by atoms with van der Waals surface area (Å²) in [5, 5.41) is 2.91. The van der Waals surface area contributed by atoms with Gasteiger partial charge in [0.05, 0.1) is 0 Å². The summed E-state index contributed by atoms with van der Waals surface area (Å²) < 4.78 is 13.1. The molecule has 0 unspecified atom stereocenters. The number of ether oxygens (including phenoxy) is 1. The molecule has 27 heavy (non-hydrogen) atoms. The molecule has 0 aliphatic rings. The number of methoxy groups -OCH3 is 1. The molecule has 0 saturated carbocycles. The number of thiophene rings is 1. The van der Waals surface area contributed by atoms with E-state index in [9.17, 15) is 0 Å². The van der Waals surface area contributed by atoms with Gasteiger partial charge in [-0.15, -0.1) is 0 Å². The Labute approximate surface area is 174 Å². The van der Waals surface area contributed by atoms with E-state index >= 15 is 0 Å². The van der Waals surface area contributed by atoms with Gasteiger partial charge in [0, 0.05) is 0 Å². The summed E-state index contributed by atoms with van der Waals surface area (Å²) in [4.78, 5) is 0. The Morgan fingerprint density at radius 1 is 0.852 bits per heavy atom. The maximum absolute atomic E-state index is 5.71. The van der Waals surface area contributed by atoms with Crippen LogP contribution in [0.5, 0.6) is 5.75 Å². The second-order valence-electron chi connectivity index (χ2n) is 6.14. The van der Waals surface area contributed by atoms with Crippen LogP contribution in [0.15, 0.2) is 78.9 Å². The number of fused-ring (bicyclic) bond motifs is 3. The molecule has 0 amide bonds. The molecule has 132 valence electrons. The van der Waals surface area contributed by atoms with Gasteiger partial charge >= 0.3 is 175 Å². The number of rotatable bonds is 4. The fraction of sp³-hybridized carbons (Fsp3) is 0.0435. The molecular formula is C23H16OSSe2. The summed E-state index contributed by atoms with van der Waals surface area (Å²) in [6.45, 7) is 0. The molecule has 0 fully saturated rings. The number of hydrogen-bond acceptors (Lipinski definition) is 2. The molecule has 0 aliphatic carbocycles. The van der Waals surface area contributed by atoms with Crippen LogP contribution in [-0.4, -0.2) is 36.6 Å². The topological polar surface area (TPSA) is 9.23 Å². The first kappa shape index (κ1) is 17.3. The fourth-order valence-electron chi connectivity index (χ4n) is 3.28. The third-order valence-corrected chi connectivity index (χ3v) is 11.6. The monoisotopic (exact) mass is 500 g/mol. The number of benzene rings is 3. The minimum absolute atomic E-state index is 0.272. The Balaban J connectivity index is 1.81. The molecule has 2 heterocycles. The zero-order chi connectivity index (χ0) is 18.2. The summed E-state index contributed by atoms with van der Waals surface area (Å²) in [5.74, 6) is 0.982. The van der Waals surface area contributed by atoms with Crippen LogP contribution in [0.25, 0.3) is 29.0 Å². The summed E-state index contributed by atoms with van der Waals surface area (Å²) in [5.41, 5.74) is 1.26. The van der Waals surface area contributed by atoms with Crippen LogP contribution in [0.4, 0.5) is 0 Å². The Kier molecular flexibility index (Phi) is 4.69. The normalized spacial score (nSPS) is 11.3. The van der Waals surface area contributed by atoms with E-state index in [-0.39, 0.29) is 15.0 Å². The Morgan fingerprint density at radius 2 is 1.59 bits per heavy atom. The Hall–Kier alpha value is -1.80. The van der Waals surface area contributed by atoms with Crippen LogP contribution in [0.3, 0.4) is 0 Å². The average Bonchev–Trinajstić information content (AvgIpc) is 3.25. The van der Waals surface area contributed by atoms with E-state index in [0.29, 0.717) is 14.5 Å². The van der Waals surface area contributed by atoms with Gasteiger partial charge in [0.25, 0.3) is 0 Å². The summed E-state index contributed by atoms with van der Waals surface area (Å²) >= 11 is 2.56. The van der Waals surface area contributed by atoms with Crippen molar-refractivity contribution in [3.8, 4) is 15.8 Å². The van der Waals surface area contributed by atoms with Crippen LogP contribution in [0, 0.1) is 0 Å². The molecule has 0 radical (unpaired) electrons. The second kappa shape index (κ2) is 7.31. The van der Waals surface area contributed by atoms with E-state index in [1.807, 2.05) is 11.3 Å². The molecule has 5 rings (SSSR count). The fourth-order valence-corrected chi connectivity index (χ4v) is 11.1.